The van der Waals surface area contributed by atoms with E-state index in [-0.39, 0.29) is 23.0 Å². The molecule has 104 valence electrons. The van der Waals surface area contributed by atoms with Gasteiger partial charge in [0.05, 0.1) is 14.2 Å². The van der Waals surface area contributed by atoms with Crippen LogP contribution in [-0.2, 0) is 0 Å². The van der Waals surface area contributed by atoms with Crippen LogP contribution in [0.5, 0.6) is 23.0 Å². The number of phenolic OH excluding ortho intramolecular Hbond substituents is 2. The standard InChI is InChI=1S/C15H14O5/c1-19-12-7-11(13(17)15(20-2)14(12)18)10-5-3-4-9(6-10)8-16/h3-8,17-18H,1-2H3. The molecule has 2 aromatic rings. The first kappa shape index (κ1) is 13.7. The van der Waals surface area contributed by atoms with Crippen LogP contribution in [0.3, 0.4) is 0 Å². The summed E-state index contributed by atoms with van der Waals surface area (Å²) < 4.78 is 10.0. The number of aromatic hydroxyl groups is 2. The molecular weight excluding hydrogens is 260 g/mol. The number of carbonyl (C=O) groups is 1. The third-order valence-electron chi connectivity index (χ3n) is 2.95. The van der Waals surface area contributed by atoms with E-state index >= 15 is 0 Å². The molecule has 0 aliphatic carbocycles. The van der Waals surface area contributed by atoms with E-state index in [1.807, 2.05) is 0 Å². The first-order valence-corrected chi connectivity index (χ1v) is 5.85. The lowest BCUT2D eigenvalue weighted by Crippen LogP contribution is -1.92. The van der Waals surface area contributed by atoms with Crippen LogP contribution < -0.4 is 9.47 Å². The average Bonchev–Trinajstić information content (AvgIpc) is 2.48. The predicted molar refractivity (Wildman–Crippen MR) is 73.7 cm³/mol. The quantitative estimate of drug-likeness (QED) is 0.838. The molecule has 0 heterocycles. The summed E-state index contributed by atoms with van der Waals surface area (Å²) in [7, 11) is 2.73. The van der Waals surface area contributed by atoms with Gasteiger partial charge in [-0.1, -0.05) is 18.2 Å². The largest absolute Gasteiger partial charge is 0.504 e. The predicted octanol–water partition coefficient (Wildman–Crippen LogP) is 2.59. The van der Waals surface area contributed by atoms with Crippen LogP contribution in [0.2, 0.25) is 0 Å². The first-order valence-electron chi connectivity index (χ1n) is 5.85. The molecule has 0 saturated heterocycles. The van der Waals surface area contributed by atoms with Crippen LogP contribution in [0.25, 0.3) is 11.1 Å². The second-order valence-electron chi connectivity index (χ2n) is 4.10. The lowest BCUT2D eigenvalue weighted by molar-refractivity contribution is 0.112. The highest BCUT2D eigenvalue weighted by Gasteiger charge is 2.19. The van der Waals surface area contributed by atoms with Crippen molar-refractivity contribution in [1.82, 2.24) is 0 Å². The highest BCUT2D eigenvalue weighted by molar-refractivity contribution is 5.83. The van der Waals surface area contributed by atoms with Crippen LogP contribution in [0.15, 0.2) is 30.3 Å². The Morgan fingerprint density at radius 1 is 1.05 bits per heavy atom. The summed E-state index contributed by atoms with van der Waals surface area (Å²) >= 11 is 0. The molecule has 5 heteroatoms. The summed E-state index contributed by atoms with van der Waals surface area (Å²) in [6.07, 6.45) is 0.718. The van der Waals surface area contributed by atoms with Crippen molar-refractivity contribution in [3.8, 4) is 34.1 Å². The molecule has 0 aromatic heterocycles. The smallest absolute Gasteiger partial charge is 0.207 e. The number of carbonyl (C=O) groups excluding carboxylic acids is 1. The van der Waals surface area contributed by atoms with E-state index in [9.17, 15) is 15.0 Å². The Balaban J connectivity index is 2.69. The highest BCUT2D eigenvalue weighted by Crippen LogP contribution is 2.48. The minimum Gasteiger partial charge on any atom is -0.504 e. The molecule has 0 aliphatic rings. The Morgan fingerprint density at radius 2 is 1.80 bits per heavy atom. The van der Waals surface area contributed by atoms with Gasteiger partial charge in [-0.2, -0.15) is 0 Å². The molecule has 0 fully saturated rings. The maximum absolute atomic E-state index is 10.8. The number of ether oxygens (including phenoxy) is 2. The molecule has 0 bridgehead atoms. The third kappa shape index (κ3) is 2.25. The van der Waals surface area contributed by atoms with Crippen LogP contribution in [0.1, 0.15) is 10.4 Å². The van der Waals surface area contributed by atoms with Crippen molar-refractivity contribution < 1.29 is 24.5 Å². The number of phenols is 2. The van der Waals surface area contributed by atoms with Gasteiger partial charge >= 0.3 is 0 Å². The number of aldehydes is 1. The van der Waals surface area contributed by atoms with Gasteiger partial charge in [-0.05, 0) is 17.7 Å². The van der Waals surface area contributed by atoms with Crippen molar-refractivity contribution in [3.63, 3.8) is 0 Å². The monoisotopic (exact) mass is 274 g/mol. The van der Waals surface area contributed by atoms with E-state index in [0.717, 1.165) is 6.29 Å². The fraction of sp³-hybridized carbons (Fsp3) is 0.133. The molecule has 0 atom stereocenters. The second kappa shape index (κ2) is 5.52. The number of methoxy groups -OCH3 is 2. The van der Waals surface area contributed by atoms with Gasteiger partial charge < -0.3 is 19.7 Å². The zero-order valence-corrected chi connectivity index (χ0v) is 11.1. The summed E-state index contributed by atoms with van der Waals surface area (Å²) in [6.45, 7) is 0. The van der Waals surface area contributed by atoms with Gasteiger partial charge in [0.1, 0.15) is 6.29 Å². The topological polar surface area (TPSA) is 76.0 Å². The van der Waals surface area contributed by atoms with Crippen molar-refractivity contribution in [2.24, 2.45) is 0 Å². The zero-order valence-electron chi connectivity index (χ0n) is 11.1. The minimum absolute atomic E-state index is 0.0733. The number of hydrogen-bond donors (Lipinski definition) is 2. The van der Waals surface area contributed by atoms with E-state index in [2.05, 4.69) is 0 Å². The first-order chi connectivity index (χ1) is 9.62. The van der Waals surface area contributed by atoms with Gasteiger partial charge in [0.15, 0.2) is 11.5 Å². The molecule has 0 saturated carbocycles. The van der Waals surface area contributed by atoms with E-state index < -0.39 is 0 Å². The summed E-state index contributed by atoms with van der Waals surface area (Å²) in [4.78, 5) is 10.8. The molecule has 0 unspecified atom stereocenters. The lowest BCUT2D eigenvalue weighted by Gasteiger charge is -2.14. The van der Waals surface area contributed by atoms with Crippen molar-refractivity contribution in [3.05, 3.63) is 35.9 Å². The summed E-state index contributed by atoms with van der Waals surface area (Å²) in [5, 5.41) is 20.1. The van der Waals surface area contributed by atoms with E-state index in [1.165, 1.54) is 20.3 Å². The Morgan fingerprint density at radius 3 is 2.40 bits per heavy atom. The molecule has 20 heavy (non-hydrogen) atoms. The Bertz CT molecular complexity index is 649. The van der Waals surface area contributed by atoms with E-state index in [4.69, 9.17) is 9.47 Å². The van der Waals surface area contributed by atoms with Crippen molar-refractivity contribution in [1.29, 1.82) is 0 Å². The number of rotatable bonds is 4. The number of benzene rings is 2. The molecule has 2 rings (SSSR count). The van der Waals surface area contributed by atoms with Crippen LogP contribution in [0, 0.1) is 0 Å². The van der Waals surface area contributed by atoms with Crippen LogP contribution in [0.4, 0.5) is 0 Å². The van der Waals surface area contributed by atoms with Crippen molar-refractivity contribution in [2.75, 3.05) is 14.2 Å². The minimum atomic E-state index is -0.275. The zero-order chi connectivity index (χ0) is 14.7. The summed E-state index contributed by atoms with van der Waals surface area (Å²) in [5.41, 5.74) is 1.50. The molecular formula is C15H14O5. The van der Waals surface area contributed by atoms with Crippen molar-refractivity contribution >= 4 is 6.29 Å². The van der Waals surface area contributed by atoms with E-state index in [0.29, 0.717) is 16.7 Å². The SMILES string of the molecule is COc1cc(-c2cccc(C=O)c2)c(O)c(OC)c1O. The summed E-state index contributed by atoms with van der Waals surface area (Å²) in [6, 6.07) is 8.19. The fourth-order valence-electron chi connectivity index (χ4n) is 1.96. The highest BCUT2D eigenvalue weighted by atomic mass is 16.5. The Labute approximate surface area is 116 Å². The van der Waals surface area contributed by atoms with Gasteiger partial charge in [-0.3, -0.25) is 4.79 Å². The van der Waals surface area contributed by atoms with Gasteiger partial charge in [-0.25, -0.2) is 0 Å². The molecule has 2 aromatic carbocycles. The third-order valence-corrected chi connectivity index (χ3v) is 2.95. The molecule has 0 spiro atoms. The molecule has 0 amide bonds. The lowest BCUT2D eigenvalue weighted by atomic mass is 10.0. The van der Waals surface area contributed by atoms with E-state index in [1.54, 1.807) is 24.3 Å². The normalized spacial score (nSPS) is 10.1. The molecule has 5 nitrogen and oxygen atoms in total. The fourth-order valence-corrected chi connectivity index (χ4v) is 1.96. The molecule has 2 N–H and O–H groups in total. The molecule has 0 radical (unpaired) electrons. The van der Waals surface area contributed by atoms with Crippen LogP contribution >= 0.6 is 0 Å². The van der Waals surface area contributed by atoms with Gasteiger partial charge in [0, 0.05) is 11.1 Å². The van der Waals surface area contributed by atoms with Crippen LogP contribution in [-0.4, -0.2) is 30.7 Å². The average molecular weight is 274 g/mol. The van der Waals surface area contributed by atoms with Crippen molar-refractivity contribution in [2.45, 2.75) is 0 Å². The maximum Gasteiger partial charge on any atom is 0.207 e. The summed E-state index contributed by atoms with van der Waals surface area (Å²) in [5.74, 6) is -0.390. The Kier molecular flexibility index (Phi) is 3.79. The van der Waals surface area contributed by atoms with Gasteiger partial charge in [0.25, 0.3) is 0 Å². The second-order valence-corrected chi connectivity index (χ2v) is 4.10. The Hall–Kier alpha value is -2.69. The maximum atomic E-state index is 10.8. The molecule has 0 aliphatic heterocycles. The van der Waals surface area contributed by atoms with Gasteiger partial charge in [0.2, 0.25) is 11.5 Å². The van der Waals surface area contributed by atoms with Gasteiger partial charge in [-0.15, -0.1) is 0 Å². The number of hydrogen-bond acceptors (Lipinski definition) is 5.